The Hall–Kier alpha value is -3.44. The summed E-state index contributed by atoms with van der Waals surface area (Å²) in [5.41, 5.74) is 4.40. The van der Waals surface area contributed by atoms with Crippen LogP contribution in [0.3, 0.4) is 0 Å². The summed E-state index contributed by atoms with van der Waals surface area (Å²) in [5, 5.41) is 2.90. The van der Waals surface area contributed by atoms with E-state index in [1.165, 1.54) is 0 Å². The minimum absolute atomic E-state index is 0.0362. The average Bonchev–Trinajstić information content (AvgIpc) is 2.80. The van der Waals surface area contributed by atoms with Crippen LogP contribution in [0.25, 0.3) is 11.1 Å². The van der Waals surface area contributed by atoms with Gasteiger partial charge in [0.1, 0.15) is 0 Å². The molecule has 3 aromatic carbocycles. The predicted octanol–water partition coefficient (Wildman–Crippen LogP) is 4.01. The van der Waals surface area contributed by atoms with Crippen molar-refractivity contribution in [3.63, 3.8) is 0 Å². The Morgan fingerprint density at radius 3 is 2.27 bits per heavy atom. The molecule has 0 radical (unpaired) electrons. The standard InChI is InChI=1S/C25H24N2O3/c28-24(17-19-9-11-21(12-10-19)20-5-2-1-3-6-20)26-23-8-4-7-22(18-23)25(29)27-13-15-30-16-14-27/h1-12,18H,13-17H2,(H,26,28). The van der Waals surface area contributed by atoms with Crippen LogP contribution in [0.4, 0.5) is 5.69 Å². The highest BCUT2D eigenvalue weighted by Crippen LogP contribution is 2.20. The van der Waals surface area contributed by atoms with Crippen molar-refractivity contribution in [2.24, 2.45) is 0 Å². The van der Waals surface area contributed by atoms with Crippen molar-refractivity contribution >= 4 is 17.5 Å². The van der Waals surface area contributed by atoms with E-state index >= 15 is 0 Å². The van der Waals surface area contributed by atoms with E-state index in [9.17, 15) is 9.59 Å². The summed E-state index contributed by atoms with van der Waals surface area (Å²) in [6, 6.07) is 25.2. The van der Waals surface area contributed by atoms with Gasteiger partial charge in [0.25, 0.3) is 5.91 Å². The van der Waals surface area contributed by atoms with E-state index in [0.717, 1.165) is 16.7 Å². The molecule has 0 unspecified atom stereocenters. The monoisotopic (exact) mass is 400 g/mol. The Labute approximate surface area is 176 Å². The Balaban J connectivity index is 1.37. The molecular formula is C25H24N2O3. The van der Waals surface area contributed by atoms with Gasteiger partial charge in [0.15, 0.2) is 0 Å². The highest BCUT2D eigenvalue weighted by atomic mass is 16.5. The summed E-state index contributed by atoms with van der Waals surface area (Å²) in [7, 11) is 0. The van der Waals surface area contributed by atoms with Crippen LogP contribution in [0.15, 0.2) is 78.9 Å². The van der Waals surface area contributed by atoms with E-state index in [4.69, 9.17) is 4.74 Å². The zero-order chi connectivity index (χ0) is 20.8. The molecule has 0 aliphatic carbocycles. The molecule has 3 aromatic rings. The van der Waals surface area contributed by atoms with Crippen LogP contribution in [0.5, 0.6) is 0 Å². The van der Waals surface area contributed by atoms with Crippen LogP contribution < -0.4 is 5.32 Å². The highest BCUT2D eigenvalue weighted by molar-refractivity contribution is 5.97. The molecule has 2 amide bonds. The molecule has 1 saturated heterocycles. The fourth-order valence-corrected chi connectivity index (χ4v) is 3.52. The molecule has 0 saturated carbocycles. The van der Waals surface area contributed by atoms with Crippen LogP contribution in [-0.2, 0) is 16.0 Å². The minimum atomic E-state index is -0.113. The summed E-state index contributed by atoms with van der Waals surface area (Å²) in [5.74, 6) is -0.149. The van der Waals surface area contributed by atoms with Gasteiger partial charge in [-0.3, -0.25) is 9.59 Å². The van der Waals surface area contributed by atoms with Crippen molar-refractivity contribution in [2.45, 2.75) is 6.42 Å². The first-order valence-electron chi connectivity index (χ1n) is 10.1. The summed E-state index contributed by atoms with van der Waals surface area (Å²) >= 11 is 0. The number of carbonyl (C=O) groups excluding carboxylic acids is 2. The molecule has 1 N–H and O–H groups in total. The van der Waals surface area contributed by atoms with Crippen molar-refractivity contribution in [2.75, 3.05) is 31.6 Å². The third-order valence-corrected chi connectivity index (χ3v) is 5.12. The zero-order valence-corrected chi connectivity index (χ0v) is 16.7. The van der Waals surface area contributed by atoms with Gasteiger partial charge in [0, 0.05) is 24.3 Å². The summed E-state index contributed by atoms with van der Waals surface area (Å²) < 4.78 is 5.30. The lowest BCUT2D eigenvalue weighted by molar-refractivity contribution is -0.115. The number of amides is 2. The van der Waals surface area contributed by atoms with Gasteiger partial charge in [-0.1, -0.05) is 60.7 Å². The number of hydrogen-bond acceptors (Lipinski definition) is 3. The maximum atomic E-state index is 12.6. The summed E-state index contributed by atoms with van der Waals surface area (Å²) in [6.07, 6.45) is 0.275. The molecule has 4 rings (SSSR count). The second kappa shape index (κ2) is 9.37. The molecule has 1 aliphatic heterocycles. The minimum Gasteiger partial charge on any atom is -0.378 e. The Morgan fingerprint density at radius 2 is 1.53 bits per heavy atom. The topological polar surface area (TPSA) is 58.6 Å². The number of benzene rings is 3. The van der Waals surface area contributed by atoms with E-state index in [0.29, 0.717) is 37.6 Å². The molecule has 0 aromatic heterocycles. The lowest BCUT2D eigenvalue weighted by atomic mass is 10.0. The molecule has 1 heterocycles. The summed E-state index contributed by atoms with van der Waals surface area (Å²) in [4.78, 5) is 26.9. The van der Waals surface area contributed by atoms with E-state index < -0.39 is 0 Å². The van der Waals surface area contributed by atoms with Crippen LogP contribution in [0.1, 0.15) is 15.9 Å². The van der Waals surface area contributed by atoms with Crippen molar-refractivity contribution in [3.8, 4) is 11.1 Å². The Kier molecular flexibility index (Phi) is 6.20. The van der Waals surface area contributed by atoms with E-state index in [2.05, 4.69) is 17.4 Å². The van der Waals surface area contributed by atoms with E-state index in [1.807, 2.05) is 42.5 Å². The number of carbonyl (C=O) groups is 2. The molecule has 0 spiro atoms. The second-order valence-electron chi connectivity index (χ2n) is 7.27. The van der Waals surface area contributed by atoms with Crippen LogP contribution in [-0.4, -0.2) is 43.0 Å². The van der Waals surface area contributed by atoms with E-state index in [-0.39, 0.29) is 18.2 Å². The van der Waals surface area contributed by atoms with Crippen molar-refractivity contribution < 1.29 is 14.3 Å². The quantitative estimate of drug-likeness (QED) is 0.704. The average molecular weight is 400 g/mol. The number of ether oxygens (including phenoxy) is 1. The molecule has 30 heavy (non-hydrogen) atoms. The number of hydrogen-bond donors (Lipinski definition) is 1. The lowest BCUT2D eigenvalue weighted by Gasteiger charge is -2.27. The molecule has 0 atom stereocenters. The van der Waals surface area contributed by atoms with Gasteiger partial charge in [0.05, 0.1) is 19.6 Å². The smallest absolute Gasteiger partial charge is 0.254 e. The first kappa shape index (κ1) is 19.9. The first-order valence-corrected chi connectivity index (χ1v) is 10.1. The van der Waals surface area contributed by atoms with Gasteiger partial charge in [-0.05, 0) is 34.9 Å². The van der Waals surface area contributed by atoms with Gasteiger partial charge >= 0.3 is 0 Å². The molecule has 1 aliphatic rings. The Morgan fingerprint density at radius 1 is 0.833 bits per heavy atom. The van der Waals surface area contributed by atoms with Crippen LogP contribution >= 0.6 is 0 Å². The molecule has 1 fully saturated rings. The molecule has 5 heteroatoms. The number of anilines is 1. The number of rotatable bonds is 5. The maximum Gasteiger partial charge on any atom is 0.254 e. The molecule has 0 bridgehead atoms. The first-order chi connectivity index (χ1) is 14.7. The number of nitrogens with one attached hydrogen (secondary N) is 1. The van der Waals surface area contributed by atoms with E-state index in [1.54, 1.807) is 29.2 Å². The fraction of sp³-hybridized carbons (Fsp3) is 0.200. The zero-order valence-electron chi connectivity index (χ0n) is 16.7. The molecule has 5 nitrogen and oxygen atoms in total. The molecule has 152 valence electrons. The second-order valence-corrected chi connectivity index (χ2v) is 7.27. The van der Waals surface area contributed by atoms with Crippen molar-refractivity contribution in [3.05, 3.63) is 90.0 Å². The fourth-order valence-electron chi connectivity index (χ4n) is 3.52. The van der Waals surface area contributed by atoms with Gasteiger partial charge in [-0.15, -0.1) is 0 Å². The lowest BCUT2D eigenvalue weighted by Crippen LogP contribution is -2.40. The van der Waals surface area contributed by atoms with Gasteiger partial charge in [0.2, 0.25) is 5.91 Å². The summed E-state index contributed by atoms with van der Waals surface area (Å²) in [6.45, 7) is 2.30. The highest BCUT2D eigenvalue weighted by Gasteiger charge is 2.18. The Bertz CT molecular complexity index is 1010. The van der Waals surface area contributed by atoms with Gasteiger partial charge in [-0.25, -0.2) is 0 Å². The van der Waals surface area contributed by atoms with Gasteiger partial charge in [-0.2, -0.15) is 0 Å². The maximum absolute atomic E-state index is 12.6. The third-order valence-electron chi connectivity index (χ3n) is 5.12. The number of nitrogens with zero attached hydrogens (tertiary/aromatic N) is 1. The number of morpholine rings is 1. The molecular weight excluding hydrogens is 376 g/mol. The predicted molar refractivity (Wildman–Crippen MR) is 117 cm³/mol. The van der Waals surface area contributed by atoms with Crippen LogP contribution in [0, 0.1) is 0 Å². The third kappa shape index (κ3) is 4.93. The normalized spacial score (nSPS) is 13.7. The SMILES string of the molecule is O=C(Cc1ccc(-c2ccccc2)cc1)Nc1cccc(C(=O)N2CCOCC2)c1. The van der Waals surface area contributed by atoms with Crippen molar-refractivity contribution in [1.29, 1.82) is 0 Å². The largest absolute Gasteiger partial charge is 0.378 e. The van der Waals surface area contributed by atoms with Gasteiger partial charge < -0.3 is 15.0 Å². The van der Waals surface area contributed by atoms with Crippen molar-refractivity contribution in [1.82, 2.24) is 4.90 Å². The van der Waals surface area contributed by atoms with Crippen LogP contribution in [0.2, 0.25) is 0 Å².